The van der Waals surface area contributed by atoms with E-state index in [1.54, 1.807) is 5.23 Å². The molecule has 1 fully saturated rings. The number of hydrogen-bond acceptors (Lipinski definition) is 3. The fraction of sp³-hybridized carbons (Fsp3) is 0.400. The van der Waals surface area contributed by atoms with Crippen molar-refractivity contribution in [1.82, 2.24) is 5.23 Å². The van der Waals surface area contributed by atoms with Crippen molar-refractivity contribution in [1.29, 1.82) is 0 Å². The molecule has 1 aromatic carbocycles. The summed E-state index contributed by atoms with van der Waals surface area (Å²) in [6.45, 7) is 2.46. The predicted octanol–water partition coefficient (Wildman–Crippen LogP) is 2.33. The van der Waals surface area contributed by atoms with Crippen LogP contribution >= 0.6 is 17.0 Å². The number of halogens is 1. The van der Waals surface area contributed by atoms with Gasteiger partial charge in [-0.2, -0.15) is 0 Å². The summed E-state index contributed by atoms with van der Waals surface area (Å²) in [6.07, 6.45) is 0.945. The molecule has 4 heteroatoms. The molecule has 1 aliphatic rings. The standard InChI is InChI=1S/C10H13NO2.BrH/c1-9(11-12-8-13-11)7-10-5-3-2-4-6-10;/h2-6,9H,7-8H2,1H3;1H. The first-order valence-electron chi connectivity index (χ1n) is 4.45. The molecule has 1 saturated heterocycles. The van der Waals surface area contributed by atoms with Gasteiger partial charge >= 0.3 is 0 Å². The molecule has 1 atom stereocenters. The van der Waals surface area contributed by atoms with Gasteiger partial charge in [0.25, 0.3) is 0 Å². The molecule has 0 saturated carbocycles. The van der Waals surface area contributed by atoms with E-state index in [-0.39, 0.29) is 23.0 Å². The van der Waals surface area contributed by atoms with Crippen LogP contribution in [0.4, 0.5) is 0 Å². The molecule has 0 N–H and O–H groups in total. The number of nitrogens with zero attached hydrogens (tertiary/aromatic N) is 1. The largest absolute Gasteiger partial charge is 0.243 e. The van der Waals surface area contributed by atoms with E-state index >= 15 is 0 Å². The zero-order valence-corrected chi connectivity index (χ0v) is 9.76. The zero-order valence-electron chi connectivity index (χ0n) is 8.05. The molecule has 0 aliphatic carbocycles. The minimum Gasteiger partial charge on any atom is -0.243 e. The second kappa shape index (κ2) is 5.46. The van der Waals surface area contributed by atoms with E-state index in [1.807, 2.05) is 18.2 Å². The quantitative estimate of drug-likeness (QED) is 0.832. The number of benzene rings is 1. The third-order valence-electron chi connectivity index (χ3n) is 2.09. The lowest BCUT2D eigenvalue weighted by molar-refractivity contribution is -0.531. The lowest BCUT2D eigenvalue weighted by atomic mass is 10.1. The highest BCUT2D eigenvalue weighted by Crippen LogP contribution is 2.14. The van der Waals surface area contributed by atoms with Gasteiger partial charge in [0.05, 0.1) is 6.04 Å². The second-order valence-electron chi connectivity index (χ2n) is 3.20. The number of hydroxylamine groups is 2. The maximum atomic E-state index is 5.08. The SMILES string of the molecule is Br.CC(Cc1ccccc1)N1OCO1. The van der Waals surface area contributed by atoms with Crippen LogP contribution in [0.2, 0.25) is 0 Å². The molecular formula is C10H14BrNO2. The van der Waals surface area contributed by atoms with Gasteiger partial charge < -0.3 is 0 Å². The summed E-state index contributed by atoms with van der Waals surface area (Å²) >= 11 is 0. The van der Waals surface area contributed by atoms with Crippen molar-refractivity contribution in [3.8, 4) is 0 Å². The van der Waals surface area contributed by atoms with E-state index in [1.165, 1.54) is 5.56 Å². The molecule has 0 bridgehead atoms. The Kier molecular flexibility index (Phi) is 4.54. The molecule has 1 unspecified atom stereocenters. The lowest BCUT2D eigenvalue weighted by Crippen LogP contribution is -2.44. The maximum absolute atomic E-state index is 5.08. The Labute approximate surface area is 94.3 Å². The first-order valence-corrected chi connectivity index (χ1v) is 4.45. The van der Waals surface area contributed by atoms with Crippen molar-refractivity contribution in [3.63, 3.8) is 0 Å². The minimum atomic E-state index is 0. The van der Waals surface area contributed by atoms with Crippen molar-refractivity contribution in [2.24, 2.45) is 0 Å². The molecule has 1 aliphatic heterocycles. The molecule has 1 aromatic rings. The molecule has 0 spiro atoms. The smallest absolute Gasteiger partial charge is 0.192 e. The van der Waals surface area contributed by atoms with Gasteiger partial charge in [0.1, 0.15) is 0 Å². The van der Waals surface area contributed by atoms with Gasteiger partial charge in [-0.1, -0.05) is 35.6 Å². The maximum Gasteiger partial charge on any atom is 0.192 e. The normalized spacial score (nSPS) is 18.1. The van der Waals surface area contributed by atoms with Gasteiger partial charge in [0.15, 0.2) is 6.79 Å². The molecule has 1 heterocycles. The molecule has 0 amide bonds. The Morgan fingerprint density at radius 1 is 1.29 bits per heavy atom. The fourth-order valence-corrected chi connectivity index (χ4v) is 1.40. The highest BCUT2D eigenvalue weighted by Gasteiger charge is 2.23. The Bertz CT molecular complexity index is 264. The number of hydrogen-bond donors (Lipinski definition) is 0. The summed E-state index contributed by atoms with van der Waals surface area (Å²) in [5, 5.41) is 1.55. The first kappa shape index (κ1) is 11.7. The average Bonchev–Trinajstić information content (AvgIpc) is 2.02. The molecule has 0 radical (unpaired) electrons. The van der Waals surface area contributed by atoms with E-state index in [0.717, 1.165) is 6.42 Å². The Morgan fingerprint density at radius 3 is 2.43 bits per heavy atom. The van der Waals surface area contributed by atoms with Gasteiger partial charge in [-0.3, -0.25) is 0 Å². The van der Waals surface area contributed by atoms with Crippen LogP contribution in [-0.2, 0) is 16.1 Å². The first-order chi connectivity index (χ1) is 6.36. The molecular weight excluding hydrogens is 246 g/mol. The Morgan fingerprint density at radius 2 is 1.93 bits per heavy atom. The lowest BCUT2D eigenvalue weighted by Gasteiger charge is -2.33. The van der Waals surface area contributed by atoms with Crippen LogP contribution in [0.5, 0.6) is 0 Å². The van der Waals surface area contributed by atoms with Crippen molar-refractivity contribution in [2.45, 2.75) is 19.4 Å². The third kappa shape index (κ3) is 2.78. The second-order valence-corrected chi connectivity index (χ2v) is 3.20. The van der Waals surface area contributed by atoms with Gasteiger partial charge in [0.2, 0.25) is 0 Å². The summed E-state index contributed by atoms with van der Waals surface area (Å²) in [5.41, 5.74) is 1.30. The van der Waals surface area contributed by atoms with Gasteiger partial charge in [-0.25, -0.2) is 9.68 Å². The van der Waals surface area contributed by atoms with Crippen molar-refractivity contribution in [3.05, 3.63) is 35.9 Å². The van der Waals surface area contributed by atoms with Crippen LogP contribution in [0.25, 0.3) is 0 Å². The molecule has 3 nitrogen and oxygen atoms in total. The summed E-state index contributed by atoms with van der Waals surface area (Å²) in [4.78, 5) is 10.2. The van der Waals surface area contributed by atoms with E-state index in [2.05, 4.69) is 19.1 Å². The van der Waals surface area contributed by atoms with Crippen LogP contribution < -0.4 is 0 Å². The van der Waals surface area contributed by atoms with Crippen molar-refractivity contribution < 1.29 is 9.68 Å². The van der Waals surface area contributed by atoms with Crippen LogP contribution in [0.3, 0.4) is 0 Å². The van der Waals surface area contributed by atoms with Crippen LogP contribution in [-0.4, -0.2) is 18.1 Å². The highest BCUT2D eigenvalue weighted by atomic mass is 79.9. The highest BCUT2D eigenvalue weighted by molar-refractivity contribution is 8.93. The Hall–Kier alpha value is -0.420. The van der Waals surface area contributed by atoms with E-state index in [0.29, 0.717) is 6.79 Å². The third-order valence-corrected chi connectivity index (χ3v) is 2.09. The van der Waals surface area contributed by atoms with Crippen LogP contribution in [0.15, 0.2) is 30.3 Å². The zero-order chi connectivity index (χ0) is 9.10. The van der Waals surface area contributed by atoms with E-state index in [9.17, 15) is 0 Å². The van der Waals surface area contributed by atoms with E-state index < -0.39 is 0 Å². The summed E-state index contributed by atoms with van der Waals surface area (Å²) in [6, 6.07) is 10.6. The molecule has 0 aromatic heterocycles. The summed E-state index contributed by atoms with van der Waals surface area (Å²) < 4.78 is 0. The van der Waals surface area contributed by atoms with Crippen molar-refractivity contribution in [2.75, 3.05) is 6.79 Å². The van der Waals surface area contributed by atoms with Gasteiger partial charge in [-0.15, -0.1) is 17.0 Å². The average molecular weight is 260 g/mol. The predicted molar refractivity (Wildman–Crippen MR) is 58.8 cm³/mol. The fourth-order valence-electron chi connectivity index (χ4n) is 1.40. The summed E-state index contributed by atoms with van der Waals surface area (Å²) in [5.74, 6) is 0. The van der Waals surface area contributed by atoms with Gasteiger partial charge in [-0.05, 0) is 18.9 Å². The van der Waals surface area contributed by atoms with Crippen molar-refractivity contribution >= 4 is 17.0 Å². The molecule has 2 rings (SSSR count). The monoisotopic (exact) mass is 259 g/mol. The van der Waals surface area contributed by atoms with Crippen LogP contribution in [0.1, 0.15) is 12.5 Å². The van der Waals surface area contributed by atoms with Crippen LogP contribution in [0, 0.1) is 0 Å². The number of rotatable bonds is 3. The van der Waals surface area contributed by atoms with Gasteiger partial charge in [0, 0.05) is 0 Å². The molecule has 78 valence electrons. The topological polar surface area (TPSA) is 21.7 Å². The minimum absolute atomic E-state index is 0. The summed E-state index contributed by atoms with van der Waals surface area (Å²) in [7, 11) is 0. The Balaban J connectivity index is 0.000000980. The molecule has 14 heavy (non-hydrogen) atoms. The van der Waals surface area contributed by atoms with E-state index in [4.69, 9.17) is 9.68 Å².